The molecule has 2 heterocycles. The molecule has 4 rings (SSSR count). The van der Waals surface area contributed by atoms with Crippen molar-refractivity contribution in [1.82, 2.24) is 19.2 Å². The second-order valence-electron chi connectivity index (χ2n) is 7.08. The fourth-order valence-corrected chi connectivity index (χ4v) is 4.19. The fourth-order valence-electron chi connectivity index (χ4n) is 3.26. The Balaban J connectivity index is 1.56. The van der Waals surface area contributed by atoms with Crippen LogP contribution in [0.1, 0.15) is 13.3 Å². The summed E-state index contributed by atoms with van der Waals surface area (Å²) in [6.07, 6.45) is 3.94. The van der Waals surface area contributed by atoms with E-state index >= 15 is 0 Å². The molecule has 10 heteroatoms. The van der Waals surface area contributed by atoms with Gasteiger partial charge < -0.3 is 14.8 Å². The van der Waals surface area contributed by atoms with Crippen LogP contribution in [-0.2, 0) is 4.79 Å². The van der Waals surface area contributed by atoms with Crippen molar-refractivity contribution in [2.45, 2.75) is 23.8 Å². The van der Waals surface area contributed by atoms with Crippen molar-refractivity contribution in [1.29, 1.82) is 0 Å². The normalized spacial score (nSPS) is 11.8. The molecular formula is C23H23N5O4S. The molecule has 1 N–H and O–H groups in total. The first-order chi connectivity index (χ1) is 16.0. The second kappa shape index (κ2) is 9.78. The van der Waals surface area contributed by atoms with E-state index in [1.54, 1.807) is 67.4 Å². The van der Waals surface area contributed by atoms with Crippen LogP contribution in [0.4, 0.5) is 5.69 Å². The van der Waals surface area contributed by atoms with Crippen molar-refractivity contribution in [2.24, 2.45) is 0 Å². The summed E-state index contributed by atoms with van der Waals surface area (Å²) in [5.41, 5.74) is 1.19. The monoisotopic (exact) mass is 465 g/mol. The van der Waals surface area contributed by atoms with Gasteiger partial charge >= 0.3 is 5.56 Å². The molecular weight excluding hydrogens is 442 g/mol. The number of nitrogens with zero attached hydrogens (tertiary/aromatic N) is 4. The maximum Gasteiger partial charge on any atom is 0.300 e. The molecule has 1 atom stereocenters. The highest BCUT2D eigenvalue weighted by atomic mass is 32.2. The summed E-state index contributed by atoms with van der Waals surface area (Å²) in [7, 11) is 3.16. The fraction of sp³-hybridized carbons (Fsp3) is 0.217. The van der Waals surface area contributed by atoms with Gasteiger partial charge in [0.15, 0.2) is 5.16 Å². The topological polar surface area (TPSA) is 99.8 Å². The summed E-state index contributed by atoms with van der Waals surface area (Å²) < 4.78 is 13.5. The van der Waals surface area contributed by atoms with Crippen molar-refractivity contribution in [3.63, 3.8) is 0 Å². The number of methoxy groups -OCH3 is 2. The van der Waals surface area contributed by atoms with E-state index in [0.29, 0.717) is 34.5 Å². The van der Waals surface area contributed by atoms with Crippen LogP contribution in [0.25, 0.3) is 11.3 Å². The zero-order chi connectivity index (χ0) is 23.4. The van der Waals surface area contributed by atoms with Crippen LogP contribution in [0.5, 0.6) is 11.5 Å². The van der Waals surface area contributed by atoms with Gasteiger partial charge in [-0.25, -0.2) is 0 Å². The van der Waals surface area contributed by atoms with E-state index < -0.39 is 5.25 Å². The molecule has 1 amide bonds. The Morgan fingerprint density at radius 3 is 2.52 bits per heavy atom. The molecule has 0 fully saturated rings. The predicted molar refractivity (Wildman–Crippen MR) is 127 cm³/mol. The number of fused-ring (bicyclic) bond motifs is 1. The lowest BCUT2D eigenvalue weighted by Crippen LogP contribution is -2.25. The molecule has 2 aromatic carbocycles. The number of hydrogen-bond donors (Lipinski definition) is 1. The van der Waals surface area contributed by atoms with Gasteiger partial charge in [-0.3, -0.25) is 18.6 Å². The molecule has 2 aromatic heterocycles. The van der Waals surface area contributed by atoms with Crippen LogP contribution in [0.15, 0.2) is 70.9 Å². The summed E-state index contributed by atoms with van der Waals surface area (Å²) in [6, 6.07) is 14.3. The highest BCUT2D eigenvalue weighted by molar-refractivity contribution is 8.00. The first kappa shape index (κ1) is 22.4. The lowest BCUT2D eigenvalue weighted by atomic mass is 10.2. The molecule has 0 aliphatic heterocycles. The number of amides is 1. The predicted octanol–water partition coefficient (Wildman–Crippen LogP) is 3.41. The SMILES string of the molecule is CCC(Sc1nnc2c(=O)n(-c3cccc(OC)c3)ccn12)C(=O)Nc1ccc(OC)cc1. The van der Waals surface area contributed by atoms with Crippen molar-refractivity contribution in [3.05, 3.63) is 71.3 Å². The lowest BCUT2D eigenvalue weighted by Gasteiger charge is -2.14. The van der Waals surface area contributed by atoms with Gasteiger partial charge in [0.05, 0.1) is 25.2 Å². The molecule has 0 radical (unpaired) electrons. The third-order valence-corrected chi connectivity index (χ3v) is 6.36. The molecule has 0 aliphatic carbocycles. The number of rotatable bonds is 8. The van der Waals surface area contributed by atoms with Crippen LogP contribution in [0.2, 0.25) is 0 Å². The van der Waals surface area contributed by atoms with Crippen molar-refractivity contribution >= 4 is 29.0 Å². The Morgan fingerprint density at radius 1 is 1.06 bits per heavy atom. The summed E-state index contributed by atoms with van der Waals surface area (Å²) in [4.78, 5) is 25.9. The maximum atomic E-state index is 13.0. The largest absolute Gasteiger partial charge is 0.497 e. The highest BCUT2D eigenvalue weighted by Gasteiger charge is 2.22. The molecule has 0 saturated carbocycles. The van der Waals surface area contributed by atoms with Gasteiger partial charge in [-0.05, 0) is 42.8 Å². The minimum absolute atomic E-state index is 0.158. The van der Waals surface area contributed by atoms with E-state index in [-0.39, 0.29) is 17.1 Å². The van der Waals surface area contributed by atoms with E-state index in [1.807, 2.05) is 19.1 Å². The molecule has 0 aliphatic rings. The average Bonchev–Trinajstić information content (AvgIpc) is 3.26. The van der Waals surface area contributed by atoms with Gasteiger partial charge in [-0.2, -0.15) is 0 Å². The van der Waals surface area contributed by atoms with Crippen LogP contribution >= 0.6 is 11.8 Å². The summed E-state index contributed by atoms with van der Waals surface area (Å²) in [5.74, 6) is 1.20. The number of carbonyl (C=O) groups excluding carboxylic acids is 1. The summed E-state index contributed by atoms with van der Waals surface area (Å²) in [5, 5.41) is 11.2. The van der Waals surface area contributed by atoms with E-state index in [4.69, 9.17) is 9.47 Å². The molecule has 33 heavy (non-hydrogen) atoms. The standard InChI is InChI=1S/C23H23N5O4S/c1-4-19(21(29)24-15-8-10-17(31-2)11-9-15)33-23-26-25-20-22(30)27(12-13-28(20)23)16-6-5-7-18(14-16)32-3/h5-14,19H,4H2,1-3H3,(H,24,29). The van der Waals surface area contributed by atoms with Gasteiger partial charge in [0.2, 0.25) is 11.6 Å². The molecule has 1 unspecified atom stereocenters. The maximum absolute atomic E-state index is 13.0. The molecule has 9 nitrogen and oxygen atoms in total. The molecule has 0 saturated heterocycles. The number of hydrogen-bond acceptors (Lipinski definition) is 7. The summed E-state index contributed by atoms with van der Waals surface area (Å²) >= 11 is 1.26. The molecule has 170 valence electrons. The van der Waals surface area contributed by atoms with Gasteiger partial charge in [0, 0.05) is 24.1 Å². The zero-order valence-electron chi connectivity index (χ0n) is 18.4. The number of benzene rings is 2. The quantitative estimate of drug-likeness (QED) is 0.398. The van der Waals surface area contributed by atoms with E-state index in [0.717, 1.165) is 0 Å². The van der Waals surface area contributed by atoms with Crippen LogP contribution in [0, 0.1) is 0 Å². The first-order valence-electron chi connectivity index (χ1n) is 10.3. The smallest absolute Gasteiger partial charge is 0.300 e. The minimum Gasteiger partial charge on any atom is -0.497 e. The molecule has 0 bridgehead atoms. The number of ether oxygens (including phenoxy) is 2. The first-order valence-corrected chi connectivity index (χ1v) is 11.1. The van der Waals surface area contributed by atoms with Crippen LogP contribution < -0.4 is 20.3 Å². The third kappa shape index (κ3) is 4.70. The average molecular weight is 466 g/mol. The van der Waals surface area contributed by atoms with Gasteiger partial charge in [-0.15, -0.1) is 10.2 Å². The lowest BCUT2D eigenvalue weighted by molar-refractivity contribution is -0.115. The van der Waals surface area contributed by atoms with Crippen LogP contribution in [0.3, 0.4) is 0 Å². The Hall–Kier alpha value is -3.79. The van der Waals surface area contributed by atoms with E-state index in [9.17, 15) is 9.59 Å². The van der Waals surface area contributed by atoms with Gasteiger partial charge in [-0.1, -0.05) is 24.8 Å². The van der Waals surface area contributed by atoms with E-state index in [1.165, 1.54) is 16.3 Å². The van der Waals surface area contributed by atoms with Crippen molar-refractivity contribution < 1.29 is 14.3 Å². The van der Waals surface area contributed by atoms with Gasteiger partial charge in [0.1, 0.15) is 11.5 Å². The van der Waals surface area contributed by atoms with E-state index in [2.05, 4.69) is 15.5 Å². The van der Waals surface area contributed by atoms with Gasteiger partial charge in [0.25, 0.3) is 0 Å². The highest BCUT2D eigenvalue weighted by Crippen LogP contribution is 2.26. The number of carbonyl (C=O) groups is 1. The Bertz CT molecular complexity index is 1330. The third-order valence-electron chi connectivity index (χ3n) is 5.04. The molecule has 0 spiro atoms. The van der Waals surface area contributed by atoms with Crippen molar-refractivity contribution in [2.75, 3.05) is 19.5 Å². The number of thioether (sulfide) groups is 1. The second-order valence-corrected chi connectivity index (χ2v) is 8.25. The molecule has 4 aromatic rings. The minimum atomic E-state index is -0.416. The number of anilines is 1. The Labute approximate surface area is 194 Å². The Kier molecular flexibility index (Phi) is 6.64. The zero-order valence-corrected chi connectivity index (χ0v) is 19.2. The van der Waals surface area contributed by atoms with Crippen molar-refractivity contribution in [3.8, 4) is 17.2 Å². The Morgan fingerprint density at radius 2 is 1.82 bits per heavy atom. The number of nitrogens with one attached hydrogen (secondary N) is 1. The number of aromatic nitrogens is 4. The van der Waals surface area contributed by atoms with Crippen LogP contribution in [-0.4, -0.2) is 44.5 Å². The summed E-state index contributed by atoms with van der Waals surface area (Å²) in [6.45, 7) is 1.92.